The highest BCUT2D eigenvalue weighted by Crippen LogP contribution is 2.23. The average Bonchev–Trinajstić information content (AvgIpc) is 2.32. The van der Waals surface area contributed by atoms with Gasteiger partial charge in [0, 0.05) is 0 Å². The Kier molecular flexibility index (Phi) is 6.41. The Balaban J connectivity index is 2.48. The maximum Gasteiger partial charge on any atom is 0.252 e. The number of hydrogen-bond donors (Lipinski definition) is 0. The maximum absolute atomic E-state index is 6.03. The van der Waals surface area contributed by atoms with Crippen LogP contribution in [0.5, 0.6) is 5.88 Å². The lowest BCUT2D eigenvalue weighted by Gasteiger charge is -2.15. The molecule has 0 radical (unpaired) electrons. The van der Waals surface area contributed by atoms with E-state index in [0.29, 0.717) is 11.0 Å². The van der Waals surface area contributed by atoms with Crippen LogP contribution in [0.4, 0.5) is 0 Å². The van der Waals surface area contributed by atoms with E-state index in [9.17, 15) is 0 Å². The van der Waals surface area contributed by atoms with E-state index in [2.05, 4.69) is 23.8 Å². The van der Waals surface area contributed by atoms with Crippen molar-refractivity contribution >= 4 is 11.6 Å². The van der Waals surface area contributed by atoms with Crippen molar-refractivity contribution in [1.82, 2.24) is 9.97 Å². The summed E-state index contributed by atoms with van der Waals surface area (Å²) in [7, 11) is 0. The number of aromatic nitrogens is 2. The first-order valence-corrected chi connectivity index (χ1v) is 7.09. The van der Waals surface area contributed by atoms with Gasteiger partial charge in [-0.25, -0.2) is 9.97 Å². The summed E-state index contributed by atoms with van der Waals surface area (Å²) in [5.74, 6) is 0.461. The van der Waals surface area contributed by atoms with Gasteiger partial charge in [0.15, 0.2) is 5.15 Å². The van der Waals surface area contributed by atoms with Crippen molar-refractivity contribution in [1.29, 1.82) is 0 Å². The lowest BCUT2D eigenvalue weighted by atomic mass is 10.1. The maximum atomic E-state index is 6.03. The molecule has 3 nitrogen and oxygen atoms in total. The van der Waals surface area contributed by atoms with Crippen LogP contribution in [0.1, 0.15) is 57.3 Å². The van der Waals surface area contributed by atoms with Gasteiger partial charge in [-0.05, 0) is 33.6 Å². The Morgan fingerprint density at radius 3 is 2.44 bits per heavy atom. The normalized spacial score (nSPS) is 12.5. The van der Waals surface area contributed by atoms with Gasteiger partial charge in [-0.1, -0.05) is 37.8 Å². The van der Waals surface area contributed by atoms with Crippen molar-refractivity contribution in [3.63, 3.8) is 0 Å². The van der Waals surface area contributed by atoms with Gasteiger partial charge < -0.3 is 4.74 Å². The summed E-state index contributed by atoms with van der Waals surface area (Å²) in [6.07, 6.45) is 6.16. The summed E-state index contributed by atoms with van der Waals surface area (Å²) in [4.78, 5) is 8.55. The van der Waals surface area contributed by atoms with E-state index in [1.807, 2.05) is 13.8 Å². The van der Waals surface area contributed by atoms with E-state index < -0.39 is 0 Å². The third kappa shape index (κ3) is 4.81. The molecule has 0 aromatic carbocycles. The standard InChI is InChI=1S/C14H23ClN2O/c1-5-6-7-8-9-10(2)18-14-13(15)16-11(3)12(4)17-14/h10H,5-9H2,1-4H3. The molecule has 0 bridgehead atoms. The Hall–Kier alpha value is -0.830. The van der Waals surface area contributed by atoms with Crippen molar-refractivity contribution in [3.8, 4) is 5.88 Å². The molecule has 0 N–H and O–H groups in total. The molecule has 0 saturated heterocycles. The van der Waals surface area contributed by atoms with Crippen LogP contribution in [0.25, 0.3) is 0 Å². The van der Waals surface area contributed by atoms with Gasteiger partial charge in [-0.2, -0.15) is 0 Å². The summed E-state index contributed by atoms with van der Waals surface area (Å²) >= 11 is 6.03. The molecule has 0 amide bonds. The molecule has 1 aromatic rings. The SMILES string of the molecule is CCCCCCC(C)Oc1nc(C)c(C)nc1Cl. The molecule has 0 aliphatic carbocycles. The van der Waals surface area contributed by atoms with Gasteiger partial charge in [-0.3, -0.25) is 0 Å². The van der Waals surface area contributed by atoms with E-state index in [4.69, 9.17) is 16.3 Å². The van der Waals surface area contributed by atoms with Gasteiger partial charge in [0.25, 0.3) is 5.88 Å². The molecule has 0 fully saturated rings. The van der Waals surface area contributed by atoms with Crippen LogP contribution in [0.15, 0.2) is 0 Å². The molecular weight excluding hydrogens is 248 g/mol. The zero-order valence-electron chi connectivity index (χ0n) is 11.8. The highest BCUT2D eigenvalue weighted by Gasteiger charge is 2.11. The van der Waals surface area contributed by atoms with Gasteiger partial charge in [0.1, 0.15) is 0 Å². The smallest absolute Gasteiger partial charge is 0.252 e. The first kappa shape index (κ1) is 15.2. The fourth-order valence-electron chi connectivity index (χ4n) is 1.74. The molecule has 1 aromatic heterocycles. The molecule has 4 heteroatoms. The van der Waals surface area contributed by atoms with Crippen LogP contribution in [-0.4, -0.2) is 16.1 Å². The predicted molar refractivity (Wildman–Crippen MR) is 75.4 cm³/mol. The fourth-order valence-corrected chi connectivity index (χ4v) is 1.95. The highest BCUT2D eigenvalue weighted by molar-refractivity contribution is 6.30. The third-order valence-electron chi connectivity index (χ3n) is 3.01. The molecule has 0 spiro atoms. The highest BCUT2D eigenvalue weighted by atomic mass is 35.5. The van der Waals surface area contributed by atoms with E-state index in [1.165, 1.54) is 25.7 Å². The molecule has 18 heavy (non-hydrogen) atoms. The van der Waals surface area contributed by atoms with Crippen LogP contribution in [0.2, 0.25) is 5.15 Å². The fraction of sp³-hybridized carbons (Fsp3) is 0.714. The summed E-state index contributed by atoms with van der Waals surface area (Å²) in [5, 5.41) is 0.360. The summed E-state index contributed by atoms with van der Waals surface area (Å²) in [6.45, 7) is 8.08. The lowest BCUT2D eigenvalue weighted by molar-refractivity contribution is 0.197. The molecular formula is C14H23ClN2O. The lowest BCUT2D eigenvalue weighted by Crippen LogP contribution is -2.13. The van der Waals surface area contributed by atoms with Crippen molar-refractivity contribution in [2.75, 3.05) is 0 Å². The van der Waals surface area contributed by atoms with Gasteiger partial charge >= 0.3 is 0 Å². The molecule has 0 saturated carbocycles. The molecule has 102 valence electrons. The zero-order chi connectivity index (χ0) is 13.5. The number of unbranched alkanes of at least 4 members (excludes halogenated alkanes) is 3. The number of aryl methyl sites for hydroxylation is 2. The molecule has 1 unspecified atom stereocenters. The van der Waals surface area contributed by atoms with E-state index >= 15 is 0 Å². The van der Waals surface area contributed by atoms with Crippen molar-refractivity contribution in [3.05, 3.63) is 16.5 Å². The summed E-state index contributed by atoms with van der Waals surface area (Å²) < 4.78 is 5.76. The second-order valence-electron chi connectivity index (χ2n) is 4.77. The summed E-state index contributed by atoms with van der Waals surface area (Å²) in [5.41, 5.74) is 1.72. The molecule has 0 aliphatic rings. The van der Waals surface area contributed by atoms with E-state index in [0.717, 1.165) is 17.8 Å². The first-order chi connectivity index (χ1) is 8.54. The second kappa shape index (κ2) is 7.57. The number of ether oxygens (including phenoxy) is 1. The molecule has 1 atom stereocenters. The van der Waals surface area contributed by atoms with E-state index in [-0.39, 0.29) is 6.10 Å². The van der Waals surface area contributed by atoms with Crippen LogP contribution < -0.4 is 4.74 Å². The second-order valence-corrected chi connectivity index (χ2v) is 5.13. The minimum absolute atomic E-state index is 0.135. The van der Waals surface area contributed by atoms with Gasteiger partial charge in [-0.15, -0.1) is 0 Å². The Morgan fingerprint density at radius 1 is 1.11 bits per heavy atom. The zero-order valence-corrected chi connectivity index (χ0v) is 12.5. The number of halogens is 1. The number of rotatable bonds is 7. The van der Waals surface area contributed by atoms with Crippen molar-refractivity contribution < 1.29 is 4.74 Å². The van der Waals surface area contributed by atoms with E-state index in [1.54, 1.807) is 0 Å². The Morgan fingerprint density at radius 2 is 1.78 bits per heavy atom. The number of hydrogen-bond acceptors (Lipinski definition) is 3. The van der Waals surface area contributed by atoms with Gasteiger partial charge in [0.05, 0.1) is 17.5 Å². The first-order valence-electron chi connectivity index (χ1n) is 6.72. The van der Waals surface area contributed by atoms with Crippen molar-refractivity contribution in [2.45, 2.75) is 65.9 Å². The number of nitrogens with zero attached hydrogens (tertiary/aromatic N) is 2. The van der Waals surface area contributed by atoms with Crippen LogP contribution in [0.3, 0.4) is 0 Å². The molecule has 1 heterocycles. The predicted octanol–water partition coefficient (Wildman–Crippen LogP) is 4.48. The Labute approximate surface area is 115 Å². The third-order valence-corrected chi connectivity index (χ3v) is 3.26. The quantitative estimate of drug-likeness (QED) is 0.685. The topological polar surface area (TPSA) is 35.0 Å². The van der Waals surface area contributed by atoms with Crippen molar-refractivity contribution in [2.24, 2.45) is 0 Å². The molecule has 0 aliphatic heterocycles. The monoisotopic (exact) mass is 270 g/mol. The summed E-state index contributed by atoms with van der Waals surface area (Å²) in [6, 6.07) is 0. The largest absolute Gasteiger partial charge is 0.472 e. The minimum Gasteiger partial charge on any atom is -0.472 e. The van der Waals surface area contributed by atoms with Crippen LogP contribution in [0, 0.1) is 13.8 Å². The van der Waals surface area contributed by atoms with Gasteiger partial charge in [0.2, 0.25) is 0 Å². The van der Waals surface area contributed by atoms with Crippen LogP contribution in [-0.2, 0) is 0 Å². The Bertz CT molecular complexity index is 382. The minimum atomic E-state index is 0.135. The average molecular weight is 271 g/mol. The molecule has 1 rings (SSSR count). The van der Waals surface area contributed by atoms with Crippen LogP contribution >= 0.6 is 11.6 Å².